The van der Waals surface area contributed by atoms with E-state index in [0.717, 1.165) is 16.8 Å². The fraction of sp³-hybridized carbons (Fsp3) is 0.0952. The summed E-state index contributed by atoms with van der Waals surface area (Å²) >= 11 is 0. The summed E-state index contributed by atoms with van der Waals surface area (Å²) in [5.74, 6) is 0.529. The molecule has 0 aliphatic heterocycles. The molecule has 1 amide bonds. The number of benzene rings is 3. The number of anilines is 1. The van der Waals surface area contributed by atoms with E-state index in [0.29, 0.717) is 17.9 Å². The van der Waals surface area contributed by atoms with E-state index in [1.54, 1.807) is 12.1 Å². The van der Waals surface area contributed by atoms with Crippen LogP contribution in [-0.4, -0.2) is 11.0 Å². The SMILES string of the molecule is O=C(Nc1ccccc1)c1cccc(COc2cccc(CO)c2)c1. The van der Waals surface area contributed by atoms with Crippen LogP contribution in [0.2, 0.25) is 0 Å². The van der Waals surface area contributed by atoms with Crippen LogP contribution < -0.4 is 10.1 Å². The fourth-order valence-electron chi connectivity index (χ4n) is 2.43. The normalized spacial score (nSPS) is 10.3. The van der Waals surface area contributed by atoms with Crippen LogP contribution in [0.25, 0.3) is 0 Å². The van der Waals surface area contributed by atoms with Gasteiger partial charge < -0.3 is 15.2 Å². The summed E-state index contributed by atoms with van der Waals surface area (Å²) < 4.78 is 5.74. The number of ether oxygens (including phenoxy) is 1. The molecule has 2 N–H and O–H groups in total. The minimum Gasteiger partial charge on any atom is -0.489 e. The van der Waals surface area contributed by atoms with Gasteiger partial charge in [0.2, 0.25) is 0 Å². The van der Waals surface area contributed by atoms with Crippen LogP contribution >= 0.6 is 0 Å². The second-order valence-corrected chi connectivity index (χ2v) is 5.61. The van der Waals surface area contributed by atoms with Gasteiger partial charge in [-0.05, 0) is 47.5 Å². The molecule has 0 saturated carbocycles. The molecule has 25 heavy (non-hydrogen) atoms. The summed E-state index contributed by atoms with van der Waals surface area (Å²) in [6, 6.07) is 24.0. The number of nitrogens with one attached hydrogen (secondary N) is 1. The molecule has 126 valence electrons. The third-order valence-corrected chi connectivity index (χ3v) is 3.71. The zero-order valence-electron chi connectivity index (χ0n) is 13.7. The average molecular weight is 333 g/mol. The Morgan fingerprint density at radius 1 is 0.880 bits per heavy atom. The first kappa shape index (κ1) is 16.7. The van der Waals surface area contributed by atoms with Crippen molar-refractivity contribution in [3.8, 4) is 5.75 Å². The molecule has 3 rings (SSSR count). The molecule has 0 fully saturated rings. The minimum atomic E-state index is -0.157. The van der Waals surface area contributed by atoms with Crippen LogP contribution in [0.3, 0.4) is 0 Å². The molecule has 0 saturated heterocycles. The zero-order valence-corrected chi connectivity index (χ0v) is 13.7. The molecule has 0 bridgehead atoms. The summed E-state index contributed by atoms with van der Waals surface area (Å²) in [6.07, 6.45) is 0. The van der Waals surface area contributed by atoms with Gasteiger partial charge in [-0.3, -0.25) is 4.79 Å². The van der Waals surface area contributed by atoms with Gasteiger partial charge in [-0.15, -0.1) is 0 Å². The Balaban J connectivity index is 1.65. The van der Waals surface area contributed by atoms with Crippen LogP contribution in [0.4, 0.5) is 5.69 Å². The third kappa shape index (κ3) is 4.68. The number of aliphatic hydroxyl groups excluding tert-OH is 1. The van der Waals surface area contributed by atoms with Gasteiger partial charge in [0.1, 0.15) is 12.4 Å². The summed E-state index contributed by atoms with van der Waals surface area (Å²) in [5, 5.41) is 12.0. The Morgan fingerprint density at radius 3 is 2.44 bits per heavy atom. The first-order valence-corrected chi connectivity index (χ1v) is 8.02. The maximum Gasteiger partial charge on any atom is 0.255 e. The number of para-hydroxylation sites is 1. The number of amides is 1. The molecule has 0 spiro atoms. The smallest absolute Gasteiger partial charge is 0.255 e. The topological polar surface area (TPSA) is 58.6 Å². The predicted molar refractivity (Wildman–Crippen MR) is 97.5 cm³/mol. The Bertz CT molecular complexity index is 847. The lowest BCUT2D eigenvalue weighted by molar-refractivity contribution is 0.102. The number of hydrogen-bond acceptors (Lipinski definition) is 3. The van der Waals surface area contributed by atoms with E-state index in [9.17, 15) is 4.79 Å². The lowest BCUT2D eigenvalue weighted by atomic mass is 10.1. The highest BCUT2D eigenvalue weighted by Crippen LogP contribution is 2.16. The average Bonchev–Trinajstić information content (AvgIpc) is 2.67. The predicted octanol–water partition coefficient (Wildman–Crippen LogP) is 4.01. The Hall–Kier alpha value is -3.11. The van der Waals surface area contributed by atoms with Crippen LogP contribution in [0.15, 0.2) is 78.9 Å². The summed E-state index contributed by atoms with van der Waals surface area (Å²) in [4.78, 5) is 12.3. The van der Waals surface area contributed by atoms with Crippen LogP contribution in [0.1, 0.15) is 21.5 Å². The summed E-state index contributed by atoms with van der Waals surface area (Å²) in [5.41, 5.74) is 3.03. The van der Waals surface area contributed by atoms with E-state index in [-0.39, 0.29) is 12.5 Å². The van der Waals surface area contributed by atoms with Crippen molar-refractivity contribution in [3.63, 3.8) is 0 Å². The Kier molecular flexibility index (Phi) is 5.44. The van der Waals surface area contributed by atoms with Crippen molar-refractivity contribution in [1.82, 2.24) is 0 Å². The third-order valence-electron chi connectivity index (χ3n) is 3.71. The van der Waals surface area contributed by atoms with Crippen molar-refractivity contribution in [3.05, 3.63) is 95.6 Å². The molecule has 0 unspecified atom stereocenters. The van der Waals surface area contributed by atoms with E-state index in [1.807, 2.05) is 66.7 Å². The highest BCUT2D eigenvalue weighted by molar-refractivity contribution is 6.04. The van der Waals surface area contributed by atoms with Gasteiger partial charge in [0.15, 0.2) is 0 Å². The van der Waals surface area contributed by atoms with Gasteiger partial charge in [0.05, 0.1) is 6.61 Å². The van der Waals surface area contributed by atoms with Crippen LogP contribution in [0.5, 0.6) is 5.75 Å². The lowest BCUT2D eigenvalue weighted by Crippen LogP contribution is -2.12. The lowest BCUT2D eigenvalue weighted by Gasteiger charge is -2.09. The van der Waals surface area contributed by atoms with E-state index >= 15 is 0 Å². The van der Waals surface area contributed by atoms with Crippen molar-refractivity contribution in [1.29, 1.82) is 0 Å². The number of aliphatic hydroxyl groups is 1. The standard InChI is InChI=1S/C21H19NO3/c23-14-16-6-5-11-20(13-16)25-15-17-7-4-8-18(12-17)21(24)22-19-9-2-1-3-10-19/h1-13,23H,14-15H2,(H,22,24). The second-order valence-electron chi connectivity index (χ2n) is 5.61. The molecule has 0 aromatic heterocycles. The number of carbonyl (C=O) groups is 1. The molecule has 0 aliphatic rings. The highest BCUT2D eigenvalue weighted by Gasteiger charge is 2.07. The zero-order chi connectivity index (χ0) is 17.5. The molecular formula is C21H19NO3. The largest absolute Gasteiger partial charge is 0.489 e. The molecule has 4 nitrogen and oxygen atoms in total. The minimum absolute atomic E-state index is 0.0215. The van der Waals surface area contributed by atoms with E-state index in [2.05, 4.69) is 5.32 Å². The monoisotopic (exact) mass is 333 g/mol. The van der Waals surface area contributed by atoms with Crippen molar-refractivity contribution >= 4 is 11.6 Å². The van der Waals surface area contributed by atoms with Crippen molar-refractivity contribution in [2.75, 3.05) is 5.32 Å². The molecule has 0 radical (unpaired) electrons. The Labute approximate surface area is 146 Å². The van der Waals surface area contributed by atoms with Crippen molar-refractivity contribution in [2.24, 2.45) is 0 Å². The van der Waals surface area contributed by atoms with Gasteiger partial charge >= 0.3 is 0 Å². The van der Waals surface area contributed by atoms with Gasteiger partial charge in [-0.2, -0.15) is 0 Å². The molecule has 3 aromatic rings. The first-order valence-electron chi connectivity index (χ1n) is 8.02. The Morgan fingerprint density at radius 2 is 1.64 bits per heavy atom. The molecule has 0 atom stereocenters. The quantitative estimate of drug-likeness (QED) is 0.716. The highest BCUT2D eigenvalue weighted by atomic mass is 16.5. The maximum absolute atomic E-state index is 12.3. The van der Waals surface area contributed by atoms with Crippen molar-refractivity contribution in [2.45, 2.75) is 13.2 Å². The maximum atomic E-state index is 12.3. The van der Waals surface area contributed by atoms with Gasteiger partial charge in [0.25, 0.3) is 5.91 Å². The van der Waals surface area contributed by atoms with Gasteiger partial charge in [0, 0.05) is 11.3 Å². The van der Waals surface area contributed by atoms with Crippen molar-refractivity contribution < 1.29 is 14.6 Å². The number of hydrogen-bond donors (Lipinski definition) is 2. The molecular weight excluding hydrogens is 314 g/mol. The van der Waals surface area contributed by atoms with E-state index in [4.69, 9.17) is 9.84 Å². The van der Waals surface area contributed by atoms with E-state index < -0.39 is 0 Å². The number of carbonyl (C=O) groups excluding carboxylic acids is 1. The molecule has 0 aliphatic carbocycles. The molecule has 0 heterocycles. The van der Waals surface area contributed by atoms with Gasteiger partial charge in [-0.1, -0.05) is 42.5 Å². The first-order chi connectivity index (χ1) is 12.2. The second kappa shape index (κ2) is 8.13. The molecule has 3 aromatic carbocycles. The van der Waals surface area contributed by atoms with Gasteiger partial charge in [-0.25, -0.2) is 0 Å². The fourth-order valence-corrected chi connectivity index (χ4v) is 2.43. The summed E-state index contributed by atoms with van der Waals surface area (Å²) in [6.45, 7) is 0.327. The van der Waals surface area contributed by atoms with E-state index in [1.165, 1.54) is 0 Å². The van der Waals surface area contributed by atoms with Crippen LogP contribution in [0, 0.1) is 0 Å². The number of rotatable bonds is 6. The summed E-state index contributed by atoms with van der Waals surface area (Å²) in [7, 11) is 0. The van der Waals surface area contributed by atoms with Crippen LogP contribution in [-0.2, 0) is 13.2 Å². The molecule has 4 heteroatoms.